The van der Waals surface area contributed by atoms with Crippen molar-refractivity contribution in [2.24, 2.45) is 0 Å². The fraction of sp³-hybridized carbons (Fsp3) is 0.200. The van der Waals surface area contributed by atoms with Gasteiger partial charge in [-0.05, 0) is 37.1 Å². The molecule has 26 heavy (non-hydrogen) atoms. The third-order valence-electron chi connectivity index (χ3n) is 3.57. The Labute approximate surface area is 151 Å². The third-order valence-corrected chi connectivity index (χ3v) is 5.65. The first kappa shape index (κ1) is 19.7. The Bertz CT molecular complexity index is 1080. The molecule has 0 amide bonds. The molecule has 9 nitrogen and oxygen atoms in total. The summed E-state index contributed by atoms with van der Waals surface area (Å²) in [5, 5.41) is 11.0. The van der Waals surface area contributed by atoms with Crippen molar-refractivity contribution in [1.82, 2.24) is 0 Å². The van der Waals surface area contributed by atoms with Gasteiger partial charge in [0, 0.05) is 12.1 Å². The number of benzene rings is 2. The van der Waals surface area contributed by atoms with Crippen molar-refractivity contribution in [3.63, 3.8) is 0 Å². The van der Waals surface area contributed by atoms with Crippen molar-refractivity contribution in [2.75, 3.05) is 15.7 Å². The Morgan fingerprint density at radius 1 is 0.962 bits per heavy atom. The van der Waals surface area contributed by atoms with Gasteiger partial charge in [-0.25, -0.2) is 16.8 Å². The summed E-state index contributed by atoms with van der Waals surface area (Å²) in [5.41, 5.74) is 0.495. The lowest BCUT2D eigenvalue weighted by Gasteiger charge is -2.15. The summed E-state index contributed by atoms with van der Waals surface area (Å²) in [6.07, 6.45) is 0.937. The van der Waals surface area contributed by atoms with E-state index in [-0.39, 0.29) is 22.0 Å². The van der Waals surface area contributed by atoms with Crippen molar-refractivity contribution in [1.29, 1.82) is 0 Å². The van der Waals surface area contributed by atoms with Gasteiger partial charge in [-0.15, -0.1) is 0 Å². The summed E-state index contributed by atoms with van der Waals surface area (Å²) < 4.78 is 52.9. The molecule has 2 N–H and O–H groups in total. The van der Waals surface area contributed by atoms with E-state index in [1.54, 1.807) is 6.92 Å². The molecule has 0 bridgehead atoms. The Morgan fingerprint density at radius 3 is 2.00 bits per heavy atom. The number of nitro groups is 1. The van der Waals surface area contributed by atoms with Crippen LogP contribution in [0.3, 0.4) is 0 Å². The van der Waals surface area contributed by atoms with E-state index in [0.29, 0.717) is 11.1 Å². The first-order chi connectivity index (χ1) is 11.9. The van der Waals surface area contributed by atoms with Crippen LogP contribution in [0, 0.1) is 24.0 Å². The predicted octanol–water partition coefficient (Wildman–Crippen LogP) is 2.38. The fourth-order valence-electron chi connectivity index (χ4n) is 2.25. The summed E-state index contributed by atoms with van der Waals surface area (Å²) in [7, 11) is -7.82. The smallest absolute Gasteiger partial charge is 0.271 e. The number of anilines is 2. The molecule has 0 spiro atoms. The van der Waals surface area contributed by atoms with E-state index in [2.05, 4.69) is 9.44 Å². The number of para-hydroxylation sites is 2. The highest BCUT2D eigenvalue weighted by atomic mass is 32.2. The topological polar surface area (TPSA) is 135 Å². The zero-order valence-corrected chi connectivity index (χ0v) is 15.8. The van der Waals surface area contributed by atoms with Crippen LogP contribution < -0.4 is 9.44 Å². The normalized spacial score (nSPS) is 11.8. The predicted molar refractivity (Wildman–Crippen MR) is 98.3 cm³/mol. The van der Waals surface area contributed by atoms with E-state index in [4.69, 9.17) is 0 Å². The first-order valence-corrected chi connectivity index (χ1v) is 10.6. The minimum atomic E-state index is -4.19. The van der Waals surface area contributed by atoms with Crippen LogP contribution in [0.25, 0.3) is 0 Å². The molecule has 0 heterocycles. The van der Waals surface area contributed by atoms with Crippen molar-refractivity contribution < 1.29 is 21.8 Å². The Morgan fingerprint density at radius 2 is 1.50 bits per heavy atom. The van der Waals surface area contributed by atoms with Crippen LogP contribution >= 0.6 is 0 Å². The summed E-state index contributed by atoms with van der Waals surface area (Å²) in [6, 6.07) is 8.09. The Hall–Kier alpha value is -2.66. The van der Waals surface area contributed by atoms with Gasteiger partial charge >= 0.3 is 0 Å². The van der Waals surface area contributed by atoms with E-state index in [1.165, 1.54) is 37.3 Å². The first-order valence-electron chi connectivity index (χ1n) is 7.26. The molecule has 0 fully saturated rings. The van der Waals surface area contributed by atoms with Gasteiger partial charge in [0.05, 0.1) is 27.4 Å². The van der Waals surface area contributed by atoms with Gasteiger partial charge in [-0.1, -0.05) is 12.1 Å². The molecule has 0 saturated carbocycles. The maximum absolute atomic E-state index is 12.8. The third kappa shape index (κ3) is 4.49. The summed E-state index contributed by atoms with van der Waals surface area (Å²) in [6.45, 7) is 3.11. The van der Waals surface area contributed by atoms with E-state index in [9.17, 15) is 26.9 Å². The number of hydrogen-bond donors (Lipinski definition) is 2. The van der Waals surface area contributed by atoms with Crippen molar-refractivity contribution in [3.8, 4) is 0 Å². The van der Waals surface area contributed by atoms with Crippen LogP contribution in [0.1, 0.15) is 11.1 Å². The second-order valence-corrected chi connectivity index (χ2v) is 9.07. The molecule has 140 valence electrons. The summed E-state index contributed by atoms with van der Waals surface area (Å²) >= 11 is 0. The van der Waals surface area contributed by atoms with Gasteiger partial charge in [0.1, 0.15) is 0 Å². The second kappa shape index (κ2) is 6.92. The van der Waals surface area contributed by atoms with Crippen LogP contribution in [0.4, 0.5) is 17.1 Å². The molecule has 0 aliphatic heterocycles. The maximum atomic E-state index is 12.8. The number of nitrogens with one attached hydrogen (secondary N) is 2. The average molecular weight is 399 g/mol. The molecule has 11 heteroatoms. The number of nitro benzene ring substituents is 1. The number of nitrogens with zero attached hydrogens (tertiary/aromatic N) is 1. The van der Waals surface area contributed by atoms with Crippen LogP contribution in [0.15, 0.2) is 41.3 Å². The zero-order valence-electron chi connectivity index (χ0n) is 14.2. The monoisotopic (exact) mass is 399 g/mol. The molecule has 2 aromatic rings. The molecule has 0 aliphatic rings. The van der Waals surface area contributed by atoms with E-state index in [1.807, 2.05) is 0 Å². The molecular weight excluding hydrogens is 382 g/mol. The van der Waals surface area contributed by atoms with Gasteiger partial charge in [0.15, 0.2) is 0 Å². The van der Waals surface area contributed by atoms with Crippen LogP contribution in [0.5, 0.6) is 0 Å². The number of aryl methyl sites for hydroxylation is 1. The highest BCUT2D eigenvalue weighted by Gasteiger charge is 2.23. The minimum Gasteiger partial charge on any atom is -0.282 e. The number of rotatable bonds is 6. The van der Waals surface area contributed by atoms with E-state index in [0.717, 1.165) is 12.3 Å². The average Bonchev–Trinajstić information content (AvgIpc) is 2.49. The Balaban J connectivity index is 2.53. The molecule has 0 radical (unpaired) electrons. The minimum absolute atomic E-state index is 0.00137. The van der Waals surface area contributed by atoms with E-state index >= 15 is 0 Å². The highest BCUT2D eigenvalue weighted by molar-refractivity contribution is 7.93. The second-order valence-electron chi connectivity index (χ2n) is 5.67. The molecule has 0 saturated heterocycles. The maximum Gasteiger partial charge on any atom is 0.271 e. The highest BCUT2D eigenvalue weighted by Crippen LogP contribution is 2.29. The molecular formula is C15H17N3O6S2. The zero-order chi connectivity index (χ0) is 19.7. The van der Waals surface area contributed by atoms with Crippen LogP contribution in [-0.2, 0) is 20.0 Å². The van der Waals surface area contributed by atoms with E-state index < -0.39 is 25.0 Å². The molecule has 0 unspecified atom stereocenters. The molecule has 0 atom stereocenters. The molecule has 0 aromatic heterocycles. The van der Waals surface area contributed by atoms with Gasteiger partial charge in [0.2, 0.25) is 10.0 Å². The number of hydrogen-bond acceptors (Lipinski definition) is 6. The number of sulfonamides is 2. The summed E-state index contributed by atoms with van der Waals surface area (Å²) in [5.74, 6) is 0. The van der Waals surface area contributed by atoms with Gasteiger partial charge in [0.25, 0.3) is 15.7 Å². The fourth-order valence-corrected chi connectivity index (χ4v) is 4.25. The standard InChI is InChI=1S/C15H17N3O6S2/c1-10-8-12(18(19)20)9-15(11(10)2)26(23,24)17-14-7-5-4-6-13(14)16-25(3,21)22/h4-9,16-17H,1-3H3. The van der Waals surface area contributed by atoms with Crippen LogP contribution in [0.2, 0.25) is 0 Å². The molecule has 2 rings (SSSR count). The quantitative estimate of drug-likeness (QED) is 0.565. The Kier molecular flexibility index (Phi) is 5.23. The SMILES string of the molecule is Cc1cc([N+](=O)[O-])cc(S(=O)(=O)Nc2ccccc2NS(C)(=O)=O)c1C. The van der Waals surface area contributed by atoms with Crippen molar-refractivity contribution in [3.05, 3.63) is 57.6 Å². The van der Waals surface area contributed by atoms with Crippen molar-refractivity contribution >= 4 is 37.1 Å². The largest absolute Gasteiger partial charge is 0.282 e. The molecule has 0 aliphatic carbocycles. The van der Waals surface area contributed by atoms with Crippen molar-refractivity contribution in [2.45, 2.75) is 18.7 Å². The van der Waals surface area contributed by atoms with Crippen LogP contribution in [-0.4, -0.2) is 28.0 Å². The van der Waals surface area contributed by atoms with Gasteiger partial charge in [-0.2, -0.15) is 0 Å². The molecule has 2 aromatic carbocycles. The van der Waals surface area contributed by atoms with Gasteiger partial charge < -0.3 is 0 Å². The van der Waals surface area contributed by atoms with Gasteiger partial charge in [-0.3, -0.25) is 19.6 Å². The lowest BCUT2D eigenvalue weighted by molar-refractivity contribution is -0.385. The lowest BCUT2D eigenvalue weighted by atomic mass is 10.1. The summed E-state index contributed by atoms with van der Waals surface area (Å²) in [4.78, 5) is 10.1. The lowest BCUT2D eigenvalue weighted by Crippen LogP contribution is -2.18. The number of non-ortho nitro benzene ring substituents is 1.